The molecule has 1 fully saturated rings. The fourth-order valence-electron chi connectivity index (χ4n) is 3.63. The standard InChI is InChI=1S/C21H18N2O3/c1-13(2)22-17-11-7-6-10-15(17)19(21(22)26)16-12-18(24)23(20(16)25)14-8-4-3-5-9-14/h3-11,13H,12H2,1-2H3. The third-order valence-corrected chi connectivity index (χ3v) is 4.74. The molecule has 0 N–H and O–H groups in total. The first-order chi connectivity index (χ1) is 12.5. The van der Waals surface area contributed by atoms with Gasteiger partial charge in [0.2, 0.25) is 5.91 Å². The number of para-hydroxylation sites is 2. The van der Waals surface area contributed by atoms with Crippen LogP contribution in [-0.4, -0.2) is 23.8 Å². The second-order valence-corrected chi connectivity index (χ2v) is 6.69. The lowest BCUT2D eigenvalue weighted by Gasteiger charge is -2.21. The molecule has 0 aliphatic carbocycles. The van der Waals surface area contributed by atoms with Crippen LogP contribution in [0.4, 0.5) is 11.4 Å². The van der Waals surface area contributed by atoms with Crippen LogP contribution in [-0.2, 0) is 14.4 Å². The minimum atomic E-state index is -0.412. The van der Waals surface area contributed by atoms with Crippen LogP contribution in [0.3, 0.4) is 0 Å². The molecule has 0 saturated carbocycles. The molecule has 2 aromatic rings. The minimum absolute atomic E-state index is 0.0424. The van der Waals surface area contributed by atoms with E-state index < -0.39 is 5.91 Å². The SMILES string of the molecule is CC(C)N1C(=O)C(=C2CC(=O)N(c3ccccc3)C2=O)c2ccccc21. The van der Waals surface area contributed by atoms with E-state index in [1.807, 2.05) is 44.2 Å². The highest BCUT2D eigenvalue weighted by Gasteiger charge is 2.43. The molecule has 0 spiro atoms. The lowest BCUT2D eigenvalue weighted by Crippen LogP contribution is -2.34. The maximum atomic E-state index is 13.1. The predicted octanol–water partition coefficient (Wildman–Crippen LogP) is 3.16. The second kappa shape index (κ2) is 5.95. The van der Waals surface area contributed by atoms with Crippen LogP contribution >= 0.6 is 0 Å². The van der Waals surface area contributed by atoms with E-state index in [4.69, 9.17) is 0 Å². The molecule has 3 amide bonds. The van der Waals surface area contributed by atoms with Crippen LogP contribution in [0.5, 0.6) is 0 Å². The number of anilines is 2. The van der Waals surface area contributed by atoms with E-state index in [0.29, 0.717) is 11.3 Å². The normalized spacial score (nSPS) is 19.7. The molecule has 2 aliphatic heterocycles. The molecule has 26 heavy (non-hydrogen) atoms. The summed E-state index contributed by atoms with van der Waals surface area (Å²) < 4.78 is 0. The molecule has 0 bridgehead atoms. The van der Waals surface area contributed by atoms with Crippen LogP contribution in [0.2, 0.25) is 0 Å². The summed E-state index contributed by atoms with van der Waals surface area (Å²) in [6.45, 7) is 3.86. The van der Waals surface area contributed by atoms with Crippen molar-refractivity contribution in [3.05, 3.63) is 65.7 Å². The number of benzene rings is 2. The van der Waals surface area contributed by atoms with E-state index >= 15 is 0 Å². The van der Waals surface area contributed by atoms with Gasteiger partial charge >= 0.3 is 0 Å². The molecule has 0 unspecified atom stereocenters. The molecule has 5 nitrogen and oxygen atoms in total. The Labute approximate surface area is 151 Å². The Morgan fingerprint density at radius 3 is 2.19 bits per heavy atom. The summed E-state index contributed by atoms with van der Waals surface area (Å²) in [7, 11) is 0. The van der Waals surface area contributed by atoms with Crippen molar-refractivity contribution in [3.63, 3.8) is 0 Å². The molecule has 4 rings (SSSR count). The van der Waals surface area contributed by atoms with Crippen LogP contribution in [0, 0.1) is 0 Å². The van der Waals surface area contributed by atoms with Crippen molar-refractivity contribution in [2.75, 3.05) is 9.80 Å². The predicted molar refractivity (Wildman–Crippen MR) is 99.5 cm³/mol. The Bertz CT molecular complexity index is 960. The number of carbonyl (C=O) groups excluding carboxylic acids is 3. The van der Waals surface area contributed by atoms with Gasteiger partial charge in [0.15, 0.2) is 0 Å². The van der Waals surface area contributed by atoms with Gasteiger partial charge in [0.05, 0.1) is 23.4 Å². The molecule has 0 atom stereocenters. The van der Waals surface area contributed by atoms with Gasteiger partial charge in [-0.05, 0) is 32.0 Å². The summed E-state index contributed by atoms with van der Waals surface area (Å²) in [4.78, 5) is 41.5. The number of carbonyl (C=O) groups is 3. The third-order valence-electron chi connectivity index (χ3n) is 4.74. The van der Waals surface area contributed by atoms with Crippen molar-refractivity contribution in [1.29, 1.82) is 0 Å². The number of rotatable bonds is 2. The molecule has 2 heterocycles. The summed E-state index contributed by atoms with van der Waals surface area (Å²) >= 11 is 0. The molecule has 0 aromatic heterocycles. The highest BCUT2D eigenvalue weighted by Crippen LogP contribution is 2.42. The van der Waals surface area contributed by atoms with E-state index in [9.17, 15) is 14.4 Å². The Kier molecular flexibility index (Phi) is 3.72. The Balaban J connectivity index is 1.86. The van der Waals surface area contributed by atoms with E-state index in [2.05, 4.69) is 0 Å². The molecule has 2 aliphatic rings. The summed E-state index contributed by atoms with van der Waals surface area (Å²) in [6.07, 6.45) is -0.0604. The third kappa shape index (κ3) is 2.28. The van der Waals surface area contributed by atoms with Crippen LogP contribution in [0.15, 0.2) is 60.2 Å². The van der Waals surface area contributed by atoms with Gasteiger partial charge < -0.3 is 4.90 Å². The van der Waals surface area contributed by atoms with Crippen LogP contribution in [0.1, 0.15) is 25.8 Å². The minimum Gasteiger partial charge on any atom is -0.305 e. The van der Waals surface area contributed by atoms with Crippen molar-refractivity contribution < 1.29 is 14.4 Å². The van der Waals surface area contributed by atoms with Gasteiger partial charge in [0, 0.05) is 17.2 Å². The molecular weight excluding hydrogens is 328 g/mol. The van der Waals surface area contributed by atoms with Crippen molar-refractivity contribution in [1.82, 2.24) is 0 Å². The van der Waals surface area contributed by atoms with Gasteiger partial charge in [-0.3, -0.25) is 14.4 Å². The number of nitrogens with zero attached hydrogens (tertiary/aromatic N) is 2. The van der Waals surface area contributed by atoms with Crippen molar-refractivity contribution >= 4 is 34.7 Å². The Hall–Kier alpha value is -3.21. The second-order valence-electron chi connectivity index (χ2n) is 6.69. The fourth-order valence-corrected chi connectivity index (χ4v) is 3.63. The molecule has 130 valence electrons. The number of hydrogen-bond donors (Lipinski definition) is 0. The summed E-state index contributed by atoms with van der Waals surface area (Å²) in [6, 6.07) is 16.2. The Morgan fingerprint density at radius 1 is 0.846 bits per heavy atom. The maximum Gasteiger partial charge on any atom is 0.262 e. The van der Waals surface area contributed by atoms with Gasteiger partial charge in [-0.15, -0.1) is 0 Å². The van der Waals surface area contributed by atoms with Gasteiger partial charge in [0.1, 0.15) is 0 Å². The van der Waals surface area contributed by atoms with E-state index in [0.717, 1.165) is 16.2 Å². The monoisotopic (exact) mass is 346 g/mol. The van der Waals surface area contributed by atoms with Crippen molar-refractivity contribution in [2.24, 2.45) is 0 Å². The zero-order valence-electron chi connectivity index (χ0n) is 14.6. The lowest BCUT2D eigenvalue weighted by atomic mass is 10.00. The van der Waals surface area contributed by atoms with E-state index in [-0.39, 0.29) is 29.9 Å². The molecule has 5 heteroatoms. The fraction of sp³-hybridized carbons (Fsp3) is 0.190. The Morgan fingerprint density at radius 2 is 1.50 bits per heavy atom. The van der Waals surface area contributed by atoms with Crippen LogP contribution in [0.25, 0.3) is 5.57 Å². The zero-order chi connectivity index (χ0) is 18.4. The lowest BCUT2D eigenvalue weighted by molar-refractivity contribution is -0.121. The summed E-state index contributed by atoms with van der Waals surface area (Å²) in [5, 5.41) is 0. The summed E-state index contributed by atoms with van der Waals surface area (Å²) in [5.74, 6) is -0.936. The van der Waals surface area contributed by atoms with Gasteiger partial charge in [0.25, 0.3) is 11.8 Å². The first kappa shape index (κ1) is 16.3. The average molecular weight is 346 g/mol. The average Bonchev–Trinajstić information content (AvgIpc) is 3.08. The number of hydrogen-bond acceptors (Lipinski definition) is 3. The first-order valence-electron chi connectivity index (χ1n) is 8.59. The van der Waals surface area contributed by atoms with E-state index in [1.54, 1.807) is 29.2 Å². The maximum absolute atomic E-state index is 13.1. The van der Waals surface area contributed by atoms with Crippen molar-refractivity contribution in [2.45, 2.75) is 26.3 Å². The topological polar surface area (TPSA) is 57.7 Å². The van der Waals surface area contributed by atoms with Crippen molar-refractivity contribution in [3.8, 4) is 0 Å². The smallest absolute Gasteiger partial charge is 0.262 e. The number of amides is 3. The van der Waals surface area contributed by atoms with Crippen LogP contribution < -0.4 is 9.80 Å². The quantitative estimate of drug-likeness (QED) is 0.620. The van der Waals surface area contributed by atoms with Gasteiger partial charge in [-0.1, -0.05) is 36.4 Å². The van der Waals surface area contributed by atoms with Gasteiger partial charge in [-0.2, -0.15) is 0 Å². The largest absolute Gasteiger partial charge is 0.305 e. The zero-order valence-corrected chi connectivity index (χ0v) is 14.6. The summed E-state index contributed by atoms with van der Waals surface area (Å²) in [5.41, 5.74) is 2.66. The number of fused-ring (bicyclic) bond motifs is 1. The highest BCUT2D eigenvalue weighted by molar-refractivity contribution is 6.41. The molecule has 2 aromatic carbocycles. The molecule has 1 saturated heterocycles. The van der Waals surface area contributed by atoms with E-state index in [1.165, 1.54) is 0 Å². The molecule has 0 radical (unpaired) electrons. The van der Waals surface area contributed by atoms with Gasteiger partial charge in [-0.25, -0.2) is 4.90 Å². The number of imide groups is 1. The molecular formula is C21H18N2O3. The first-order valence-corrected chi connectivity index (χ1v) is 8.59. The highest BCUT2D eigenvalue weighted by atomic mass is 16.2.